The number of fused-ring (bicyclic) bond motifs is 1. The standard InChI is InChI=1S/C20H28N2O2/c1-14(2)9-11-22(12-10-15(3)4)20(24)17-13-16-7-5-6-8-18(16)21-19(17)23/h5-8,13-15H,9-12H2,1-4H3,(H,21,23). The molecule has 2 rings (SSSR count). The van der Waals surface area contributed by atoms with E-state index in [-0.39, 0.29) is 17.0 Å². The maximum absolute atomic E-state index is 12.9. The zero-order valence-corrected chi connectivity index (χ0v) is 15.1. The molecule has 2 aromatic rings. The summed E-state index contributed by atoms with van der Waals surface area (Å²) in [5.41, 5.74) is 0.689. The Hall–Kier alpha value is -2.10. The molecule has 0 bridgehead atoms. The van der Waals surface area contributed by atoms with Gasteiger partial charge in [-0.1, -0.05) is 45.9 Å². The molecule has 1 aromatic carbocycles. The molecule has 0 fully saturated rings. The summed E-state index contributed by atoms with van der Waals surface area (Å²) in [6.45, 7) is 9.97. The Morgan fingerprint density at radius 3 is 2.21 bits per heavy atom. The summed E-state index contributed by atoms with van der Waals surface area (Å²) in [5, 5.41) is 0.883. The predicted octanol–water partition coefficient (Wildman–Crippen LogP) is 4.06. The lowest BCUT2D eigenvalue weighted by atomic mass is 10.1. The fourth-order valence-electron chi connectivity index (χ4n) is 2.62. The zero-order valence-electron chi connectivity index (χ0n) is 15.1. The summed E-state index contributed by atoms with van der Waals surface area (Å²) in [7, 11) is 0. The number of carbonyl (C=O) groups excluding carboxylic acids is 1. The molecule has 4 nitrogen and oxygen atoms in total. The number of hydrogen-bond acceptors (Lipinski definition) is 2. The minimum absolute atomic E-state index is 0.164. The number of para-hydroxylation sites is 1. The van der Waals surface area contributed by atoms with Crippen LogP contribution in [-0.2, 0) is 0 Å². The van der Waals surface area contributed by atoms with Crippen LogP contribution in [-0.4, -0.2) is 28.9 Å². The van der Waals surface area contributed by atoms with Gasteiger partial charge in [-0.2, -0.15) is 0 Å². The molecular formula is C20H28N2O2. The highest BCUT2D eigenvalue weighted by atomic mass is 16.2. The number of aromatic amines is 1. The number of H-pyrrole nitrogens is 1. The van der Waals surface area contributed by atoms with Crippen molar-refractivity contribution in [1.29, 1.82) is 0 Å². The molecule has 0 radical (unpaired) electrons. The van der Waals surface area contributed by atoms with Gasteiger partial charge in [0, 0.05) is 18.6 Å². The summed E-state index contributed by atoms with van der Waals surface area (Å²) in [5.74, 6) is 0.881. The van der Waals surface area contributed by atoms with E-state index < -0.39 is 0 Å². The number of amides is 1. The quantitative estimate of drug-likeness (QED) is 0.833. The van der Waals surface area contributed by atoms with E-state index in [0.29, 0.717) is 24.9 Å². The van der Waals surface area contributed by atoms with E-state index >= 15 is 0 Å². The lowest BCUT2D eigenvalue weighted by Crippen LogP contribution is -2.37. The molecule has 4 heteroatoms. The van der Waals surface area contributed by atoms with Crippen molar-refractivity contribution in [3.8, 4) is 0 Å². The minimum Gasteiger partial charge on any atom is -0.338 e. The second-order valence-corrected chi connectivity index (χ2v) is 7.26. The van der Waals surface area contributed by atoms with Crippen molar-refractivity contribution in [1.82, 2.24) is 9.88 Å². The Kier molecular flexibility index (Phi) is 6.18. The van der Waals surface area contributed by atoms with Crippen molar-refractivity contribution in [3.63, 3.8) is 0 Å². The van der Waals surface area contributed by atoms with Gasteiger partial charge in [0.15, 0.2) is 0 Å². The first-order chi connectivity index (χ1) is 11.4. The van der Waals surface area contributed by atoms with Crippen LogP contribution < -0.4 is 5.56 Å². The van der Waals surface area contributed by atoms with Gasteiger partial charge in [-0.3, -0.25) is 9.59 Å². The van der Waals surface area contributed by atoms with Gasteiger partial charge in [0.25, 0.3) is 11.5 Å². The monoisotopic (exact) mass is 328 g/mol. The average Bonchev–Trinajstić information content (AvgIpc) is 2.53. The second kappa shape index (κ2) is 8.13. The van der Waals surface area contributed by atoms with Crippen LogP contribution in [0.25, 0.3) is 10.9 Å². The fourth-order valence-corrected chi connectivity index (χ4v) is 2.62. The highest BCUT2D eigenvalue weighted by Gasteiger charge is 2.19. The smallest absolute Gasteiger partial charge is 0.261 e. The molecule has 1 aromatic heterocycles. The van der Waals surface area contributed by atoms with E-state index in [9.17, 15) is 9.59 Å². The third-order valence-electron chi connectivity index (χ3n) is 4.22. The molecule has 130 valence electrons. The van der Waals surface area contributed by atoms with Crippen molar-refractivity contribution in [2.75, 3.05) is 13.1 Å². The Labute approximate surface area is 143 Å². The second-order valence-electron chi connectivity index (χ2n) is 7.26. The molecule has 0 spiro atoms. The van der Waals surface area contributed by atoms with Crippen molar-refractivity contribution in [2.24, 2.45) is 11.8 Å². The summed E-state index contributed by atoms with van der Waals surface area (Å²) in [6, 6.07) is 9.25. The van der Waals surface area contributed by atoms with Crippen molar-refractivity contribution in [2.45, 2.75) is 40.5 Å². The first kappa shape index (κ1) is 18.2. The van der Waals surface area contributed by atoms with E-state index in [1.165, 1.54) is 0 Å². The van der Waals surface area contributed by atoms with Crippen LogP contribution in [0.2, 0.25) is 0 Å². The van der Waals surface area contributed by atoms with E-state index in [1.54, 1.807) is 6.07 Å². The molecule has 1 N–H and O–H groups in total. The van der Waals surface area contributed by atoms with Gasteiger partial charge in [0.2, 0.25) is 0 Å². The van der Waals surface area contributed by atoms with Crippen LogP contribution in [0.3, 0.4) is 0 Å². The molecule has 0 atom stereocenters. The number of benzene rings is 1. The number of rotatable bonds is 7. The van der Waals surface area contributed by atoms with Gasteiger partial charge in [0.1, 0.15) is 5.56 Å². The van der Waals surface area contributed by atoms with Crippen LogP contribution in [0.1, 0.15) is 50.9 Å². The summed E-state index contributed by atoms with van der Waals surface area (Å²) < 4.78 is 0. The largest absolute Gasteiger partial charge is 0.338 e. The maximum Gasteiger partial charge on any atom is 0.261 e. The maximum atomic E-state index is 12.9. The summed E-state index contributed by atoms with van der Waals surface area (Å²) in [6.07, 6.45) is 1.88. The average molecular weight is 328 g/mol. The van der Waals surface area contributed by atoms with Gasteiger partial charge in [-0.05, 0) is 42.2 Å². The number of nitrogens with zero attached hydrogens (tertiary/aromatic N) is 1. The number of aromatic nitrogens is 1. The van der Waals surface area contributed by atoms with E-state index in [4.69, 9.17) is 0 Å². The molecule has 0 aliphatic heterocycles. The van der Waals surface area contributed by atoms with E-state index in [1.807, 2.05) is 29.2 Å². The highest BCUT2D eigenvalue weighted by Crippen LogP contribution is 2.14. The van der Waals surface area contributed by atoms with Crippen LogP contribution >= 0.6 is 0 Å². The molecular weight excluding hydrogens is 300 g/mol. The van der Waals surface area contributed by atoms with E-state index in [0.717, 1.165) is 23.7 Å². The predicted molar refractivity (Wildman–Crippen MR) is 99.4 cm³/mol. The van der Waals surface area contributed by atoms with Crippen LogP contribution in [0, 0.1) is 11.8 Å². The van der Waals surface area contributed by atoms with Gasteiger partial charge < -0.3 is 9.88 Å². The Bertz CT molecular complexity index is 735. The van der Waals surface area contributed by atoms with Crippen molar-refractivity contribution < 1.29 is 4.79 Å². The molecule has 0 aliphatic rings. The lowest BCUT2D eigenvalue weighted by Gasteiger charge is -2.24. The summed E-state index contributed by atoms with van der Waals surface area (Å²) >= 11 is 0. The normalized spacial score (nSPS) is 11.4. The minimum atomic E-state index is -0.308. The van der Waals surface area contributed by atoms with Gasteiger partial charge in [0.05, 0.1) is 0 Å². The van der Waals surface area contributed by atoms with Gasteiger partial charge in [-0.15, -0.1) is 0 Å². The topological polar surface area (TPSA) is 53.2 Å². The zero-order chi connectivity index (χ0) is 17.7. The van der Waals surface area contributed by atoms with Crippen LogP contribution in [0.15, 0.2) is 35.1 Å². The molecule has 24 heavy (non-hydrogen) atoms. The summed E-state index contributed by atoms with van der Waals surface area (Å²) in [4.78, 5) is 29.9. The SMILES string of the molecule is CC(C)CCN(CCC(C)C)C(=O)c1cc2ccccc2[nH]c1=O. The molecule has 0 saturated carbocycles. The third-order valence-corrected chi connectivity index (χ3v) is 4.22. The highest BCUT2D eigenvalue weighted by molar-refractivity contribution is 5.97. The van der Waals surface area contributed by atoms with Crippen LogP contribution in [0.5, 0.6) is 0 Å². The first-order valence-electron chi connectivity index (χ1n) is 8.79. The van der Waals surface area contributed by atoms with Gasteiger partial charge >= 0.3 is 0 Å². The number of pyridine rings is 1. The molecule has 1 heterocycles. The third kappa shape index (κ3) is 4.70. The number of carbonyl (C=O) groups is 1. The molecule has 1 amide bonds. The lowest BCUT2D eigenvalue weighted by molar-refractivity contribution is 0.0739. The molecule has 0 saturated heterocycles. The Morgan fingerprint density at radius 1 is 1.04 bits per heavy atom. The molecule has 0 unspecified atom stereocenters. The number of hydrogen-bond donors (Lipinski definition) is 1. The number of nitrogens with one attached hydrogen (secondary N) is 1. The first-order valence-corrected chi connectivity index (χ1v) is 8.79. The Morgan fingerprint density at radius 2 is 1.62 bits per heavy atom. The molecule has 0 aliphatic carbocycles. The van der Waals surface area contributed by atoms with E-state index in [2.05, 4.69) is 32.7 Å². The van der Waals surface area contributed by atoms with Gasteiger partial charge in [-0.25, -0.2) is 0 Å². The fraction of sp³-hybridized carbons (Fsp3) is 0.500. The van der Waals surface area contributed by atoms with Crippen LogP contribution in [0.4, 0.5) is 0 Å². The van der Waals surface area contributed by atoms with Crippen molar-refractivity contribution in [3.05, 3.63) is 46.2 Å². The Balaban J connectivity index is 2.29. The van der Waals surface area contributed by atoms with Crippen molar-refractivity contribution >= 4 is 16.8 Å².